The summed E-state index contributed by atoms with van der Waals surface area (Å²) in [6.45, 7) is 3.88. The van der Waals surface area contributed by atoms with Gasteiger partial charge in [-0.2, -0.15) is 0 Å². The Labute approximate surface area is 128 Å². The number of amides is 3. The van der Waals surface area contributed by atoms with Crippen molar-refractivity contribution in [3.8, 4) is 0 Å². The summed E-state index contributed by atoms with van der Waals surface area (Å²) in [6.07, 6.45) is 5.06. The molecule has 0 spiro atoms. The van der Waals surface area contributed by atoms with Crippen molar-refractivity contribution in [3.63, 3.8) is 0 Å². The van der Waals surface area contributed by atoms with E-state index in [1.54, 1.807) is 16.2 Å². The normalized spacial score (nSPS) is 18.5. The van der Waals surface area contributed by atoms with Gasteiger partial charge in [0.25, 0.3) is 0 Å². The number of hydrogen-bond donors (Lipinski definition) is 2. The minimum Gasteiger partial charge on any atom is -0.370 e. The summed E-state index contributed by atoms with van der Waals surface area (Å²) in [5, 5.41) is 3.82. The summed E-state index contributed by atoms with van der Waals surface area (Å²) >= 11 is 1.62. The van der Waals surface area contributed by atoms with Gasteiger partial charge in [-0.05, 0) is 25.2 Å². The summed E-state index contributed by atoms with van der Waals surface area (Å²) in [4.78, 5) is 30.4. The van der Waals surface area contributed by atoms with Crippen LogP contribution >= 0.6 is 11.3 Å². The molecule has 0 radical (unpaired) electrons. The zero-order valence-electron chi connectivity index (χ0n) is 12.3. The fraction of sp³-hybridized carbons (Fsp3) is 0.643. The fourth-order valence-electron chi connectivity index (χ4n) is 2.56. The van der Waals surface area contributed by atoms with Crippen molar-refractivity contribution >= 4 is 23.3 Å². The lowest BCUT2D eigenvalue weighted by atomic mass is 9.95. The molecule has 3 N–H and O–H groups in total. The van der Waals surface area contributed by atoms with Gasteiger partial charge in [0.2, 0.25) is 5.91 Å². The van der Waals surface area contributed by atoms with Crippen LogP contribution in [-0.2, 0) is 17.8 Å². The molecule has 1 unspecified atom stereocenters. The number of nitrogens with zero attached hydrogens (tertiary/aromatic N) is 2. The van der Waals surface area contributed by atoms with Crippen LogP contribution in [0.15, 0.2) is 6.20 Å². The summed E-state index contributed by atoms with van der Waals surface area (Å²) in [7, 11) is 0. The Morgan fingerprint density at radius 1 is 1.57 bits per heavy atom. The van der Waals surface area contributed by atoms with Crippen molar-refractivity contribution in [1.29, 1.82) is 0 Å². The summed E-state index contributed by atoms with van der Waals surface area (Å²) < 4.78 is 0. The van der Waals surface area contributed by atoms with Gasteiger partial charge >= 0.3 is 6.03 Å². The Morgan fingerprint density at radius 3 is 3.05 bits per heavy atom. The summed E-state index contributed by atoms with van der Waals surface area (Å²) in [5.74, 6) is -0.106. The zero-order chi connectivity index (χ0) is 15.2. The Balaban J connectivity index is 1.80. The highest BCUT2D eigenvalue weighted by molar-refractivity contribution is 7.11. The van der Waals surface area contributed by atoms with Crippen LogP contribution in [0.3, 0.4) is 0 Å². The van der Waals surface area contributed by atoms with E-state index in [9.17, 15) is 9.59 Å². The first-order valence-electron chi connectivity index (χ1n) is 7.33. The number of thiazole rings is 1. The molecule has 6 nitrogen and oxygen atoms in total. The average Bonchev–Trinajstić information content (AvgIpc) is 2.92. The van der Waals surface area contributed by atoms with Crippen molar-refractivity contribution in [2.75, 3.05) is 13.1 Å². The maximum absolute atomic E-state index is 12.2. The monoisotopic (exact) mass is 310 g/mol. The van der Waals surface area contributed by atoms with Gasteiger partial charge in [0.05, 0.1) is 6.54 Å². The molecule has 7 heteroatoms. The third-order valence-electron chi connectivity index (χ3n) is 3.64. The molecule has 1 fully saturated rings. The van der Waals surface area contributed by atoms with Crippen molar-refractivity contribution < 1.29 is 9.59 Å². The molecule has 0 saturated carbocycles. The molecule has 2 rings (SSSR count). The maximum Gasteiger partial charge on any atom is 0.317 e. The molecule has 2 heterocycles. The fourth-order valence-corrected chi connectivity index (χ4v) is 3.36. The second-order valence-electron chi connectivity index (χ2n) is 5.36. The lowest BCUT2D eigenvalue weighted by molar-refractivity contribution is -0.119. The predicted octanol–water partition coefficient (Wildman–Crippen LogP) is 1.50. The van der Waals surface area contributed by atoms with Crippen LogP contribution in [0.1, 0.15) is 36.1 Å². The third-order valence-corrected chi connectivity index (χ3v) is 4.78. The van der Waals surface area contributed by atoms with Crippen LogP contribution in [0.4, 0.5) is 4.79 Å². The van der Waals surface area contributed by atoms with Crippen LogP contribution in [0, 0.1) is 5.92 Å². The highest BCUT2D eigenvalue weighted by atomic mass is 32.1. The largest absolute Gasteiger partial charge is 0.370 e. The molecular weight excluding hydrogens is 288 g/mol. The topological polar surface area (TPSA) is 88.3 Å². The smallest absolute Gasteiger partial charge is 0.317 e. The number of primary amides is 1. The highest BCUT2D eigenvalue weighted by Crippen LogP contribution is 2.19. The van der Waals surface area contributed by atoms with E-state index in [2.05, 4.69) is 17.2 Å². The molecule has 0 bridgehead atoms. The predicted molar refractivity (Wildman–Crippen MR) is 81.8 cm³/mol. The van der Waals surface area contributed by atoms with E-state index >= 15 is 0 Å². The van der Waals surface area contributed by atoms with Crippen molar-refractivity contribution in [2.24, 2.45) is 11.7 Å². The minimum atomic E-state index is -0.294. The quantitative estimate of drug-likeness (QED) is 0.864. The molecule has 0 aromatic carbocycles. The summed E-state index contributed by atoms with van der Waals surface area (Å²) in [5.41, 5.74) is 5.23. The van der Waals surface area contributed by atoms with Gasteiger partial charge in [0.15, 0.2) is 0 Å². The van der Waals surface area contributed by atoms with Gasteiger partial charge in [-0.1, -0.05) is 6.92 Å². The van der Waals surface area contributed by atoms with Crippen LogP contribution in [0.25, 0.3) is 0 Å². The van der Waals surface area contributed by atoms with Crippen LogP contribution in [0.2, 0.25) is 0 Å². The zero-order valence-corrected chi connectivity index (χ0v) is 13.1. The number of carbonyl (C=O) groups is 2. The van der Waals surface area contributed by atoms with Crippen LogP contribution in [-0.4, -0.2) is 34.9 Å². The molecule has 1 saturated heterocycles. The highest BCUT2D eigenvalue weighted by Gasteiger charge is 2.24. The Hall–Kier alpha value is -1.63. The van der Waals surface area contributed by atoms with Crippen molar-refractivity contribution in [3.05, 3.63) is 16.1 Å². The number of likely N-dealkylation sites (tertiary alicyclic amines) is 1. The molecule has 1 aliphatic heterocycles. The lowest BCUT2D eigenvalue weighted by Gasteiger charge is -2.32. The van der Waals surface area contributed by atoms with E-state index in [4.69, 9.17) is 5.73 Å². The first kappa shape index (κ1) is 15.8. The number of aryl methyl sites for hydroxylation is 1. The number of carbonyl (C=O) groups excluding carboxylic acids is 2. The van der Waals surface area contributed by atoms with Gasteiger partial charge in [0, 0.05) is 30.6 Å². The molecule has 1 aromatic rings. The van der Waals surface area contributed by atoms with E-state index < -0.39 is 0 Å². The molecule has 116 valence electrons. The van der Waals surface area contributed by atoms with E-state index in [0.717, 1.165) is 30.8 Å². The average molecular weight is 310 g/mol. The molecule has 0 aliphatic carbocycles. The first-order chi connectivity index (χ1) is 10.1. The van der Waals surface area contributed by atoms with Crippen molar-refractivity contribution in [1.82, 2.24) is 15.2 Å². The van der Waals surface area contributed by atoms with Gasteiger partial charge < -0.3 is 16.0 Å². The van der Waals surface area contributed by atoms with Gasteiger partial charge in [-0.15, -0.1) is 11.3 Å². The van der Waals surface area contributed by atoms with Crippen LogP contribution < -0.4 is 11.1 Å². The van der Waals surface area contributed by atoms with E-state index in [1.807, 2.05) is 6.20 Å². The number of piperidine rings is 1. The number of rotatable bonds is 5. The maximum atomic E-state index is 12.2. The van der Waals surface area contributed by atoms with E-state index in [1.165, 1.54) is 4.88 Å². The number of urea groups is 1. The standard InChI is InChI=1S/C14H22N4O2S/c1-2-11-7-16-13(21-11)8-17-14(20)18-5-3-4-10(9-18)6-12(15)19/h7,10H,2-6,8-9H2,1H3,(H2,15,19)(H,17,20). The Bertz CT molecular complexity index is 503. The first-order valence-corrected chi connectivity index (χ1v) is 8.14. The van der Waals surface area contributed by atoms with Crippen LogP contribution in [0.5, 0.6) is 0 Å². The molecule has 1 aliphatic rings. The second-order valence-corrected chi connectivity index (χ2v) is 6.56. The third kappa shape index (κ3) is 4.70. The number of hydrogen-bond acceptors (Lipinski definition) is 4. The molecule has 21 heavy (non-hydrogen) atoms. The minimum absolute atomic E-state index is 0.0857. The van der Waals surface area contributed by atoms with Gasteiger partial charge in [-0.3, -0.25) is 4.79 Å². The Kier molecular flexibility index (Phi) is 5.55. The van der Waals surface area contributed by atoms with E-state index in [0.29, 0.717) is 19.5 Å². The van der Waals surface area contributed by atoms with Gasteiger partial charge in [-0.25, -0.2) is 9.78 Å². The van der Waals surface area contributed by atoms with Crippen molar-refractivity contribution in [2.45, 2.75) is 39.2 Å². The number of aromatic nitrogens is 1. The second kappa shape index (κ2) is 7.40. The molecular formula is C14H22N4O2S. The van der Waals surface area contributed by atoms with Gasteiger partial charge in [0.1, 0.15) is 5.01 Å². The SMILES string of the molecule is CCc1cnc(CNC(=O)N2CCCC(CC(N)=O)C2)s1. The Morgan fingerprint density at radius 2 is 2.38 bits per heavy atom. The molecule has 3 amide bonds. The van der Waals surface area contributed by atoms with E-state index in [-0.39, 0.29) is 17.9 Å². The number of nitrogens with one attached hydrogen (secondary N) is 1. The lowest BCUT2D eigenvalue weighted by Crippen LogP contribution is -2.45. The summed E-state index contributed by atoms with van der Waals surface area (Å²) in [6, 6.07) is -0.0857. The number of nitrogens with two attached hydrogens (primary N) is 1. The molecule has 1 aromatic heterocycles. The molecule has 1 atom stereocenters.